The lowest BCUT2D eigenvalue weighted by atomic mass is 10.1. The highest BCUT2D eigenvalue weighted by molar-refractivity contribution is 9.09. The molecule has 0 amide bonds. The van der Waals surface area contributed by atoms with Gasteiger partial charge in [0, 0.05) is 11.8 Å². The number of hydrogen-bond donors (Lipinski definition) is 0. The smallest absolute Gasteiger partial charge is 0.104 e. The van der Waals surface area contributed by atoms with Gasteiger partial charge in [-0.1, -0.05) is 64.3 Å². The first-order chi connectivity index (χ1) is 9.06. The summed E-state index contributed by atoms with van der Waals surface area (Å²) in [6, 6.07) is 5.42. The van der Waals surface area contributed by atoms with E-state index in [-0.39, 0.29) is 0 Å². The first-order valence-corrected chi connectivity index (χ1v) is 7.88. The lowest BCUT2D eigenvalue weighted by molar-refractivity contribution is 0.767. The SMILES string of the molecule is CC(C)c1nnn(-c2c(Cl)cccc2Cl)c1CCBr. The Labute approximate surface area is 131 Å². The molecule has 0 aliphatic heterocycles. The minimum atomic E-state index is 0.309. The van der Waals surface area contributed by atoms with Crippen LogP contribution in [-0.4, -0.2) is 20.3 Å². The number of halogens is 3. The van der Waals surface area contributed by atoms with E-state index in [1.54, 1.807) is 16.8 Å². The molecule has 0 atom stereocenters. The van der Waals surface area contributed by atoms with Gasteiger partial charge in [-0.3, -0.25) is 0 Å². The van der Waals surface area contributed by atoms with E-state index in [2.05, 4.69) is 40.1 Å². The Morgan fingerprint density at radius 3 is 2.42 bits per heavy atom. The average molecular weight is 363 g/mol. The molecule has 0 spiro atoms. The maximum absolute atomic E-state index is 6.24. The Kier molecular flexibility index (Phi) is 4.87. The number of hydrogen-bond acceptors (Lipinski definition) is 2. The Morgan fingerprint density at radius 2 is 1.89 bits per heavy atom. The largest absolute Gasteiger partial charge is 0.214 e. The molecule has 0 N–H and O–H groups in total. The topological polar surface area (TPSA) is 30.7 Å². The van der Waals surface area contributed by atoms with E-state index in [4.69, 9.17) is 23.2 Å². The highest BCUT2D eigenvalue weighted by Crippen LogP contribution is 2.30. The third-order valence-electron chi connectivity index (χ3n) is 2.82. The molecule has 1 aromatic carbocycles. The Morgan fingerprint density at radius 1 is 1.26 bits per heavy atom. The van der Waals surface area contributed by atoms with E-state index >= 15 is 0 Å². The number of para-hydroxylation sites is 1. The molecule has 0 bridgehead atoms. The molecular weight excluding hydrogens is 349 g/mol. The summed E-state index contributed by atoms with van der Waals surface area (Å²) in [5, 5.41) is 10.5. The van der Waals surface area contributed by atoms with Crippen LogP contribution in [0.2, 0.25) is 10.0 Å². The van der Waals surface area contributed by atoms with Crippen molar-refractivity contribution in [1.29, 1.82) is 0 Å². The summed E-state index contributed by atoms with van der Waals surface area (Å²) in [6.45, 7) is 4.20. The van der Waals surface area contributed by atoms with E-state index in [1.807, 2.05) is 6.07 Å². The molecule has 0 saturated carbocycles. The van der Waals surface area contributed by atoms with Gasteiger partial charge in [0.25, 0.3) is 0 Å². The fourth-order valence-corrected chi connectivity index (χ4v) is 2.89. The van der Waals surface area contributed by atoms with Crippen molar-refractivity contribution in [3.05, 3.63) is 39.6 Å². The minimum absolute atomic E-state index is 0.309. The second-order valence-corrected chi connectivity index (χ2v) is 6.10. The van der Waals surface area contributed by atoms with Crippen molar-refractivity contribution in [1.82, 2.24) is 15.0 Å². The van der Waals surface area contributed by atoms with Crippen LogP contribution in [-0.2, 0) is 6.42 Å². The van der Waals surface area contributed by atoms with Crippen molar-refractivity contribution in [2.75, 3.05) is 5.33 Å². The number of benzene rings is 1. The molecule has 0 aliphatic rings. The standard InChI is InChI=1S/C13H14BrCl2N3/c1-8(2)12-11(6-7-14)19(18-17-12)13-9(15)4-3-5-10(13)16/h3-5,8H,6-7H2,1-2H3. The fraction of sp³-hybridized carbons (Fsp3) is 0.385. The second kappa shape index (κ2) is 6.25. The average Bonchev–Trinajstić information content (AvgIpc) is 2.73. The van der Waals surface area contributed by atoms with Crippen LogP contribution in [0.3, 0.4) is 0 Å². The summed E-state index contributed by atoms with van der Waals surface area (Å²) < 4.78 is 1.75. The summed E-state index contributed by atoms with van der Waals surface area (Å²) in [5.41, 5.74) is 2.72. The van der Waals surface area contributed by atoms with Crippen molar-refractivity contribution in [3.8, 4) is 5.69 Å². The molecule has 2 aromatic rings. The number of nitrogens with zero attached hydrogens (tertiary/aromatic N) is 3. The van der Waals surface area contributed by atoms with E-state index in [1.165, 1.54) is 0 Å². The molecule has 3 nitrogen and oxygen atoms in total. The first-order valence-electron chi connectivity index (χ1n) is 6.01. The number of alkyl halides is 1. The van der Waals surface area contributed by atoms with Gasteiger partial charge in [0.05, 0.1) is 21.4 Å². The highest BCUT2D eigenvalue weighted by atomic mass is 79.9. The Balaban J connectivity index is 2.62. The predicted molar refractivity (Wildman–Crippen MR) is 83.0 cm³/mol. The molecule has 0 fully saturated rings. The van der Waals surface area contributed by atoms with Gasteiger partial charge in [-0.2, -0.15) is 0 Å². The van der Waals surface area contributed by atoms with Crippen LogP contribution in [0, 0.1) is 0 Å². The van der Waals surface area contributed by atoms with Crippen molar-refractivity contribution in [3.63, 3.8) is 0 Å². The van der Waals surface area contributed by atoms with Crippen LogP contribution in [0.15, 0.2) is 18.2 Å². The van der Waals surface area contributed by atoms with Gasteiger partial charge >= 0.3 is 0 Å². The molecule has 6 heteroatoms. The molecule has 2 rings (SSSR count). The van der Waals surface area contributed by atoms with Crippen LogP contribution in [0.4, 0.5) is 0 Å². The normalized spacial score (nSPS) is 11.3. The summed E-state index contributed by atoms with van der Waals surface area (Å²) >= 11 is 15.9. The lowest BCUT2D eigenvalue weighted by Gasteiger charge is -2.11. The maximum atomic E-state index is 6.24. The van der Waals surface area contributed by atoms with Gasteiger partial charge in [0.1, 0.15) is 5.69 Å². The number of aromatic nitrogens is 3. The molecule has 1 aromatic heterocycles. The maximum Gasteiger partial charge on any atom is 0.104 e. The van der Waals surface area contributed by atoms with Crippen LogP contribution in [0.5, 0.6) is 0 Å². The van der Waals surface area contributed by atoms with Gasteiger partial charge < -0.3 is 0 Å². The predicted octanol–water partition coefficient (Wildman–Crippen LogP) is 4.63. The minimum Gasteiger partial charge on any atom is -0.214 e. The lowest BCUT2D eigenvalue weighted by Crippen LogP contribution is -2.06. The third kappa shape index (κ3) is 2.96. The third-order valence-corrected chi connectivity index (χ3v) is 3.83. The molecule has 0 aliphatic carbocycles. The zero-order valence-electron chi connectivity index (χ0n) is 10.7. The summed E-state index contributed by atoms with van der Waals surface area (Å²) in [6.07, 6.45) is 0.821. The monoisotopic (exact) mass is 361 g/mol. The van der Waals surface area contributed by atoms with E-state index in [9.17, 15) is 0 Å². The molecule has 19 heavy (non-hydrogen) atoms. The van der Waals surface area contributed by atoms with Crippen LogP contribution in [0.1, 0.15) is 31.2 Å². The van der Waals surface area contributed by atoms with Gasteiger partial charge in [0.2, 0.25) is 0 Å². The molecule has 1 heterocycles. The van der Waals surface area contributed by atoms with Gasteiger partial charge in [-0.15, -0.1) is 5.10 Å². The van der Waals surface area contributed by atoms with Crippen molar-refractivity contribution in [2.24, 2.45) is 0 Å². The van der Waals surface area contributed by atoms with Crippen LogP contribution < -0.4 is 0 Å². The molecule has 102 valence electrons. The van der Waals surface area contributed by atoms with Crippen LogP contribution in [0.25, 0.3) is 5.69 Å². The van der Waals surface area contributed by atoms with Crippen molar-refractivity contribution >= 4 is 39.1 Å². The highest BCUT2D eigenvalue weighted by Gasteiger charge is 2.19. The van der Waals surface area contributed by atoms with Crippen LogP contribution >= 0.6 is 39.1 Å². The summed E-state index contributed by atoms with van der Waals surface area (Å²) in [4.78, 5) is 0. The quantitative estimate of drug-likeness (QED) is 0.742. The van der Waals surface area contributed by atoms with Gasteiger partial charge in [-0.05, 0) is 18.1 Å². The van der Waals surface area contributed by atoms with Gasteiger partial charge in [0.15, 0.2) is 0 Å². The molecule has 0 saturated heterocycles. The zero-order chi connectivity index (χ0) is 14.0. The molecule has 0 radical (unpaired) electrons. The molecular formula is C13H14BrCl2N3. The molecule has 0 unspecified atom stereocenters. The second-order valence-electron chi connectivity index (χ2n) is 4.50. The van der Waals surface area contributed by atoms with Crippen molar-refractivity contribution < 1.29 is 0 Å². The summed E-state index contributed by atoms with van der Waals surface area (Å²) in [5.74, 6) is 0.309. The van der Waals surface area contributed by atoms with E-state index < -0.39 is 0 Å². The number of rotatable bonds is 4. The Hall–Kier alpha value is -0.580. The fourth-order valence-electron chi connectivity index (χ4n) is 1.96. The van der Waals surface area contributed by atoms with Crippen molar-refractivity contribution in [2.45, 2.75) is 26.2 Å². The zero-order valence-corrected chi connectivity index (χ0v) is 13.8. The van der Waals surface area contributed by atoms with E-state index in [0.29, 0.717) is 21.7 Å². The Bertz CT molecular complexity index is 561. The van der Waals surface area contributed by atoms with E-state index in [0.717, 1.165) is 23.1 Å². The summed E-state index contributed by atoms with van der Waals surface area (Å²) in [7, 11) is 0. The first kappa shape index (κ1) is 14.8. The van der Waals surface area contributed by atoms with Gasteiger partial charge in [-0.25, -0.2) is 4.68 Å².